The second-order valence-electron chi connectivity index (χ2n) is 3.40. The third kappa shape index (κ3) is 4.44. The summed E-state index contributed by atoms with van der Waals surface area (Å²) in [6.45, 7) is 8.39. The molecular formula is C9H15NO. The van der Waals surface area contributed by atoms with Gasteiger partial charge < -0.3 is 4.84 Å². The van der Waals surface area contributed by atoms with Crippen LogP contribution < -0.4 is 0 Å². The molecular weight excluding hydrogens is 138 g/mol. The van der Waals surface area contributed by atoms with Crippen molar-refractivity contribution in [1.82, 2.24) is 0 Å². The van der Waals surface area contributed by atoms with Gasteiger partial charge in [-0.1, -0.05) is 31.8 Å². The fourth-order valence-corrected chi connectivity index (χ4v) is 0.303. The first-order chi connectivity index (χ1) is 4.98. The largest absolute Gasteiger partial charge is 0.383 e. The smallest absolute Gasteiger partial charge is 0.177 e. The molecule has 0 unspecified atom stereocenters. The van der Waals surface area contributed by atoms with Gasteiger partial charge in [0.15, 0.2) is 6.61 Å². The summed E-state index contributed by atoms with van der Waals surface area (Å²) in [6.07, 6.45) is 4.98. The van der Waals surface area contributed by atoms with Crippen LogP contribution in [-0.2, 0) is 4.84 Å². The van der Waals surface area contributed by atoms with Gasteiger partial charge in [-0.05, 0) is 6.92 Å². The number of oxime groups is 1. The molecule has 0 aromatic rings. The molecule has 2 heteroatoms. The Morgan fingerprint density at radius 1 is 1.55 bits per heavy atom. The van der Waals surface area contributed by atoms with Crippen molar-refractivity contribution in [2.45, 2.75) is 27.7 Å². The standard InChI is InChI=1S/C9H15NO/c1-6-7-11-10-8(2)9(3,4)5/h1H,7H2,2-5H3. The van der Waals surface area contributed by atoms with E-state index in [2.05, 4.69) is 31.8 Å². The van der Waals surface area contributed by atoms with Crippen LogP contribution >= 0.6 is 0 Å². The predicted octanol–water partition coefficient (Wildman–Crippen LogP) is 2.06. The molecule has 0 amide bonds. The van der Waals surface area contributed by atoms with Crippen LogP contribution in [0.2, 0.25) is 0 Å². The minimum atomic E-state index is 0.0641. The molecule has 0 atom stereocenters. The summed E-state index contributed by atoms with van der Waals surface area (Å²) in [5.74, 6) is 2.35. The molecule has 0 fully saturated rings. The predicted molar refractivity (Wildman–Crippen MR) is 47.3 cm³/mol. The van der Waals surface area contributed by atoms with Gasteiger partial charge >= 0.3 is 0 Å². The van der Waals surface area contributed by atoms with Crippen LogP contribution in [0.4, 0.5) is 0 Å². The van der Waals surface area contributed by atoms with E-state index in [1.807, 2.05) is 6.92 Å². The van der Waals surface area contributed by atoms with Crippen LogP contribution in [0.5, 0.6) is 0 Å². The van der Waals surface area contributed by atoms with E-state index in [9.17, 15) is 0 Å². The van der Waals surface area contributed by atoms with Gasteiger partial charge in [-0.25, -0.2) is 0 Å². The third-order valence-electron chi connectivity index (χ3n) is 1.43. The lowest BCUT2D eigenvalue weighted by Crippen LogP contribution is -2.17. The Balaban J connectivity index is 3.93. The summed E-state index contributed by atoms with van der Waals surface area (Å²) in [6, 6.07) is 0. The average molecular weight is 153 g/mol. The van der Waals surface area contributed by atoms with Crippen molar-refractivity contribution in [3.05, 3.63) is 0 Å². The van der Waals surface area contributed by atoms with Crippen LogP contribution in [0.15, 0.2) is 5.16 Å². The van der Waals surface area contributed by atoms with E-state index >= 15 is 0 Å². The molecule has 0 heterocycles. The van der Waals surface area contributed by atoms with Crippen LogP contribution in [0.25, 0.3) is 0 Å². The Hall–Kier alpha value is -0.970. The molecule has 62 valence electrons. The van der Waals surface area contributed by atoms with Crippen LogP contribution in [0.3, 0.4) is 0 Å². The highest BCUT2D eigenvalue weighted by atomic mass is 16.6. The number of nitrogens with zero attached hydrogens (tertiary/aromatic N) is 1. The highest BCUT2D eigenvalue weighted by molar-refractivity contribution is 5.86. The molecule has 0 bridgehead atoms. The second-order valence-corrected chi connectivity index (χ2v) is 3.40. The first-order valence-electron chi connectivity index (χ1n) is 3.59. The van der Waals surface area contributed by atoms with Crippen LogP contribution in [-0.4, -0.2) is 12.3 Å². The molecule has 0 aromatic heterocycles. The lowest BCUT2D eigenvalue weighted by molar-refractivity contribution is 0.176. The fourth-order valence-electron chi connectivity index (χ4n) is 0.303. The van der Waals surface area contributed by atoms with Crippen molar-refractivity contribution >= 4 is 5.71 Å². The Morgan fingerprint density at radius 2 is 2.09 bits per heavy atom. The molecule has 0 aliphatic carbocycles. The monoisotopic (exact) mass is 153 g/mol. The zero-order valence-corrected chi connectivity index (χ0v) is 7.64. The molecule has 0 aliphatic heterocycles. The molecule has 0 aromatic carbocycles. The van der Waals surface area contributed by atoms with E-state index in [-0.39, 0.29) is 12.0 Å². The van der Waals surface area contributed by atoms with Crippen LogP contribution in [0.1, 0.15) is 27.7 Å². The summed E-state index contributed by atoms with van der Waals surface area (Å²) in [4.78, 5) is 4.82. The highest BCUT2D eigenvalue weighted by Gasteiger charge is 2.14. The van der Waals surface area contributed by atoms with Crippen molar-refractivity contribution in [1.29, 1.82) is 0 Å². The van der Waals surface area contributed by atoms with E-state index in [1.165, 1.54) is 0 Å². The number of hydrogen-bond acceptors (Lipinski definition) is 2. The quantitative estimate of drug-likeness (QED) is 0.257. The molecule has 0 spiro atoms. The Bertz CT molecular complexity index is 181. The summed E-state index contributed by atoms with van der Waals surface area (Å²) >= 11 is 0. The summed E-state index contributed by atoms with van der Waals surface area (Å²) in [5, 5.41) is 3.86. The lowest BCUT2D eigenvalue weighted by atomic mass is 9.91. The molecule has 2 nitrogen and oxygen atoms in total. The maximum Gasteiger partial charge on any atom is 0.177 e. The van der Waals surface area contributed by atoms with Gasteiger partial charge in [0.1, 0.15) is 0 Å². The molecule has 11 heavy (non-hydrogen) atoms. The maximum absolute atomic E-state index is 4.98. The fraction of sp³-hybridized carbons (Fsp3) is 0.667. The minimum absolute atomic E-state index is 0.0641. The van der Waals surface area contributed by atoms with Crippen molar-refractivity contribution in [2.75, 3.05) is 6.61 Å². The Morgan fingerprint density at radius 3 is 2.45 bits per heavy atom. The molecule has 0 saturated heterocycles. The van der Waals surface area contributed by atoms with E-state index in [4.69, 9.17) is 11.3 Å². The van der Waals surface area contributed by atoms with Gasteiger partial charge in [-0.3, -0.25) is 0 Å². The number of rotatable bonds is 2. The zero-order valence-electron chi connectivity index (χ0n) is 7.64. The van der Waals surface area contributed by atoms with Gasteiger partial charge in [-0.2, -0.15) is 0 Å². The highest BCUT2D eigenvalue weighted by Crippen LogP contribution is 2.15. The van der Waals surface area contributed by atoms with Gasteiger partial charge in [0.05, 0.1) is 5.71 Å². The summed E-state index contributed by atoms with van der Waals surface area (Å²) in [5.41, 5.74) is 1.02. The summed E-state index contributed by atoms with van der Waals surface area (Å²) in [7, 11) is 0. The normalized spacial score (nSPS) is 12.5. The van der Waals surface area contributed by atoms with Gasteiger partial charge in [0, 0.05) is 5.41 Å². The van der Waals surface area contributed by atoms with Gasteiger partial charge in [0.2, 0.25) is 0 Å². The number of hydrogen-bond donors (Lipinski definition) is 0. The van der Waals surface area contributed by atoms with Crippen LogP contribution in [0, 0.1) is 17.8 Å². The summed E-state index contributed by atoms with van der Waals surface area (Å²) < 4.78 is 0. The molecule has 0 radical (unpaired) electrons. The van der Waals surface area contributed by atoms with Crippen molar-refractivity contribution in [3.63, 3.8) is 0 Å². The molecule has 0 saturated carbocycles. The van der Waals surface area contributed by atoms with Crippen molar-refractivity contribution in [3.8, 4) is 12.3 Å². The first-order valence-corrected chi connectivity index (χ1v) is 3.59. The lowest BCUT2D eigenvalue weighted by Gasteiger charge is -2.16. The average Bonchev–Trinajstić information content (AvgIpc) is 1.86. The van der Waals surface area contributed by atoms with E-state index in [0.29, 0.717) is 0 Å². The maximum atomic E-state index is 4.98. The Labute approximate surface area is 68.6 Å². The van der Waals surface area contributed by atoms with Gasteiger partial charge in [0.25, 0.3) is 0 Å². The zero-order chi connectivity index (χ0) is 8.91. The van der Waals surface area contributed by atoms with Gasteiger partial charge in [-0.15, -0.1) is 6.42 Å². The molecule has 0 rings (SSSR count). The van der Waals surface area contributed by atoms with Crippen molar-refractivity contribution < 1.29 is 4.84 Å². The topological polar surface area (TPSA) is 21.6 Å². The van der Waals surface area contributed by atoms with Crippen molar-refractivity contribution in [2.24, 2.45) is 10.6 Å². The van der Waals surface area contributed by atoms with E-state index in [0.717, 1.165) is 5.71 Å². The minimum Gasteiger partial charge on any atom is -0.383 e. The second kappa shape index (κ2) is 4.02. The first kappa shape index (κ1) is 10.0. The molecule has 0 N–H and O–H groups in total. The Kier molecular flexibility index (Phi) is 3.67. The van der Waals surface area contributed by atoms with E-state index in [1.54, 1.807) is 0 Å². The number of terminal acetylenes is 1. The third-order valence-corrected chi connectivity index (χ3v) is 1.43. The van der Waals surface area contributed by atoms with E-state index < -0.39 is 0 Å². The molecule has 0 aliphatic rings. The SMILES string of the molecule is C#CCON=C(C)C(C)(C)C.